The fourth-order valence-corrected chi connectivity index (χ4v) is 1.92. The molecule has 0 spiro atoms. The van der Waals surface area contributed by atoms with E-state index in [0.717, 1.165) is 0 Å². The fourth-order valence-electron chi connectivity index (χ4n) is 1.92. The second kappa shape index (κ2) is 4.31. The quantitative estimate of drug-likeness (QED) is 0.752. The minimum Gasteiger partial charge on any atom is -0.480 e. The van der Waals surface area contributed by atoms with E-state index in [9.17, 15) is 22.8 Å². The van der Waals surface area contributed by atoms with Crippen LogP contribution in [-0.2, 0) is 9.59 Å². The zero-order valence-corrected chi connectivity index (χ0v) is 8.62. The van der Waals surface area contributed by atoms with Crippen molar-refractivity contribution in [3.63, 3.8) is 0 Å². The molecular weight excluding hydrogens is 227 g/mol. The molecule has 0 aromatic heterocycles. The summed E-state index contributed by atoms with van der Waals surface area (Å²) in [5.41, 5.74) is 0. The number of carboxylic acid groups (broad SMARTS) is 1. The van der Waals surface area contributed by atoms with Crippen molar-refractivity contribution in [2.24, 2.45) is 0 Å². The first-order chi connectivity index (χ1) is 7.25. The predicted octanol–water partition coefficient (Wildman–Crippen LogP) is 1.40. The number of likely N-dealkylation sites (tertiary alicyclic amines) is 1. The van der Waals surface area contributed by atoms with E-state index in [-0.39, 0.29) is 6.42 Å². The van der Waals surface area contributed by atoms with Gasteiger partial charge in [-0.1, -0.05) is 0 Å². The van der Waals surface area contributed by atoms with Crippen molar-refractivity contribution >= 4 is 11.9 Å². The Balaban J connectivity index is 2.95. The molecule has 1 rings (SSSR count). The number of hydrogen-bond donors (Lipinski definition) is 1. The van der Waals surface area contributed by atoms with E-state index in [1.54, 1.807) is 0 Å². The summed E-state index contributed by atoms with van der Waals surface area (Å²) in [5.74, 6) is -3.45. The SMILES string of the molecule is CC1CCCC(C(=O)O)N1C(=O)C(F)(F)F. The van der Waals surface area contributed by atoms with Crippen molar-refractivity contribution in [1.29, 1.82) is 0 Å². The highest BCUT2D eigenvalue weighted by Crippen LogP contribution is 2.28. The first kappa shape index (κ1) is 12.8. The number of halogens is 3. The largest absolute Gasteiger partial charge is 0.480 e. The summed E-state index contributed by atoms with van der Waals surface area (Å²) in [6, 6.07) is -2.05. The van der Waals surface area contributed by atoms with Gasteiger partial charge in [0.1, 0.15) is 6.04 Å². The van der Waals surface area contributed by atoms with Crippen molar-refractivity contribution in [3.8, 4) is 0 Å². The number of aliphatic carboxylic acids is 1. The van der Waals surface area contributed by atoms with Crippen LogP contribution >= 0.6 is 0 Å². The highest BCUT2D eigenvalue weighted by molar-refractivity contribution is 5.87. The van der Waals surface area contributed by atoms with Gasteiger partial charge < -0.3 is 10.0 Å². The molecule has 0 aromatic carbocycles. The van der Waals surface area contributed by atoms with E-state index >= 15 is 0 Å². The molecule has 0 saturated carbocycles. The molecule has 0 radical (unpaired) electrons. The van der Waals surface area contributed by atoms with Crippen LogP contribution in [0, 0.1) is 0 Å². The number of amides is 1. The molecule has 16 heavy (non-hydrogen) atoms. The topological polar surface area (TPSA) is 57.6 Å². The van der Waals surface area contributed by atoms with Gasteiger partial charge in [-0.05, 0) is 26.2 Å². The highest BCUT2D eigenvalue weighted by Gasteiger charge is 2.48. The maximum Gasteiger partial charge on any atom is 0.471 e. The Morgan fingerprint density at radius 1 is 1.31 bits per heavy atom. The molecule has 4 nitrogen and oxygen atoms in total. The van der Waals surface area contributed by atoms with E-state index in [0.29, 0.717) is 17.7 Å². The number of carbonyl (C=O) groups excluding carboxylic acids is 1. The van der Waals surface area contributed by atoms with Crippen LogP contribution in [-0.4, -0.2) is 40.1 Å². The predicted molar refractivity (Wildman–Crippen MR) is 47.6 cm³/mol. The van der Waals surface area contributed by atoms with Gasteiger partial charge >= 0.3 is 18.1 Å². The molecule has 0 bridgehead atoms. The number of alkyl halides is 3. The van der Waals surface area contributed by atoms with E-state index in [1.807, 2.05) is 0 Å². The van der Waals surface area contributed by atoms with Crippen molar-refractivity contribution < 1.29 is 27.9 Å². The minimum absolute atomic E-state index is 0.0709. The number of piperidine rings is 1. The molecular formula is C9H12F3NO3. The lowest BCUT2D eigenvalue weighted by Crippen LogP contribution is -2.56. The van der Waals surface area contributed by atoms with Gasteiger partial charge in [0, 0.05) is 6.04 Å². The van der Waals surface area contributed by atoms with E-state index in [2.05, 4.69) is 0 Å². The van der Waals surface area contributed by atoms with Crippen LogP contribution in [0.5, 0.6) is 0 Å². The molecule has 2 atom stereocenters. The smallest absolute Gasteiger partial charge is 0.471 e. The van der Waals surface area contributed by atoms with Gasteiger partial charge in [-0.15, -0.1) is 0 Å². The summed E-state index contributed by atoms with van der Waals surface area (Å²) in [4.78, 5) is 22.3. The summed E-state index contributed by atoms with van der Waals surface area (Å²) in [7, 11) is 0. The Kier molecular flexibility index (Phi) is 3.44. The molecule has 1 saturated heterocycles. The summed E-state index contributed by atoms with van der Waals surface area (Å²) in [6.07, 6.45) is -4.04. The third-order valence-electron chi connectivity index (χ3n) is 2.67. The van der Waals surface area contributed by atoms with Crippen molar-refractivity contribution in [2.45, 2.75) is 44.4 Å². The first-order valence-electron chi connectivity index (χ1n) is 4.87. The van der Waals surface area contributed by atoms with Crippen molar-refractivity contribution in [1.82, 2.24) is 4.90 Å². The van der Waals surface area contributed by atoms with E-state index in [1.165, 1.54) is 6.92 Å². The van der Waals surface area contributed by atoms with Crippen LogP contribution in [0.4, 0.5) is 13.2 Å². The standard InChI is InChI=1S/C9H12F3NO3/c1-5-3-2-4-6(7(14)15)13(5)8(16)9(10,11)12/h5-6H,2-4H2,1H3,(H,14,15). The molecule has 1 aliphatic rings. The average Bonchev–Trinajstić information content (AvgIpc) is 2.14. The molecule has 92 valence electrons. The van der Waals surface area contributed by atoms with E-state index in [4.69, 9.17) is 5.11 Å². The van der Waals surface area contributed by atoms with Crippen LogP contribution < -0.4 is 0 Å². The molecule has 7 heteroatoms. The Morgan fingerprint density at radius 2 is 1.88 bits per heavy atom. The Labute approximate surface area is 90.0 Å². The number of carboxylic acids is 1. The molecule has 0 aromatic rings. The third kappa shape index (κ3) is 2.45. The van der Waals surface area contributed by atoms with Crippen LogP contribution in [0.1, 0.15) is 26.2 Å². The van der Waals surface area contributed by atoms with Crippen LogP contribution in [0.25, 0.3) is 0 Å². The summed E-state index contributed by atoms with van der Waals surface area (Å²) >= 11 is 0. The molecule has 1 amide bonds. The Bertz CT molecular complexity index is 303. The minimum atomic E-state index is -5.01. The average molecular weight is 239 g/mol. The maximum absolute atomic E-state index is 12.3. The van der Waals surface area contributed by atoms with Gasteiger partial charge in [0.15, 0.2) is 0 Å². The molecule has 2 unspecified atom stereocenters. The third-order valence-corrected chi connectivity index (χ3v) is 2.67. The zero-order chi connectivity index (χ0) is 12.5. The number of nitrogens with zero attached hydrogens (tertiary/aromatic N) is 1. The molecule has 1 aliphatic heterocycles. The van der Waals surface area contributed by atoms with Gasteiger partial charge in [-0.25, -0.2) is 4.79 Å². The van der Waals surface area contributed by atoms with Gasteiger partial charge in [0.2, 0.25) is 0 Å². The summed E-state index contributed by atoms with van der Waals surface area (Å²) in [5, 5.41) is 8.78. The fraction of sp³-hybridized carbons (Fsp3) is 0.778. The van der Waals surface area contributed by atoms with Crippen LogP contribution in [0.2, 0.25) is 0 Å². The summed E-state index contributed by atoms with van der Waals surface area (Å²) in [6.45, 7) is 1.43. The highest BCUT2D eigenvalue weighted by atomic mass is 19.4. The Hall–Kier alpha value is -1.27. The Morgan fingerprint density at radius 3 is 2.31 bits per heavy atom. The zero-order valence-electron chi connectivity index (χ0n) is 8.62. The lowest BCUT2D eigenvalue weighted by atomic mass is 9.96. The molecule has 1 fully saturated rings. The first-order valence-corrected chi connectivity index (χ1v) is 4.87. The van der Waals surface area contributed by atoms with Crippen LogP contribution in [0.3, 0.4) is 0 Å². The second-order valence-corrected chi connectivity index (χ2v) is 3.84. The normalized spacial score (nSPS) is 26.6. The van der Waals surface area contributed by atoms with Crippen molar-refractivity contribution in [3.05, 3.63) is 0 Å². The van der Waals surface area contributed by atoms with Crippen molar-refractivity contribution in [2.75, 3.05) is 0 Å². The monoisotopic (exact) mass is 239 g/mol. The van der Waals surface area contributed by atoms with Gasteiger partial charge in [-0.2, -0.15) is 13.2 Å². The number of hydrogen-bond acceptors (Lipinski definition) is 2. The number of carbonyl (C=O) groups is 2. The lowest BCUT2D eigenvalue weighted by Gasteiger charge is -2.38. The second-order valence-electron chi connectivity index (χ2n) is 3.84. The van der Waals surface area contributed by atoms with E-state index < -0.39 is 30.1 Å². The molecule has 0 aliphatic carbocycles. The van der Waals surface area contributed by atoms with Gasteiger partial charge in [0.05, 0.1) is 0 Å². The molecule has 1 heterocycles. The van der Waals surface area contributed by atoms with Gasteiger partial charge in [-0.3, -0.25) is 4.79 Å². The molecule has 1 N–H and O–H groups in total. The number of rotatable bonds is 1. The van der Waals surface area contributed by atoms with Crippen LogP contribution in [0.15, 0.2) is 0 Å². The lowest BCUT2D eigenvalue weighted by molar-refractivity contribution is -0.194. The maximum atomic E-state index is 12.3. The van der Waals surface area contributed by atoms with Gasteiger partial charge in [0.25, 0.3) is 0 Å². The summed E-state index contributed by atoms with van der Waals surface area (Å²) < 4.78 is 36.8.